The highest BCUT2D eigenvalue weighted by molar-refractivity contribution is 7.85. The Morgan fingerprint density at radius 3 is 2.43 bits per heavy atom. The molecule has 2 aromatic carbocycles. The van der Waals surface area contributed by atoms with Crippen molar-refractivity contribution in [2.75, 3.05) is 38.5 Å². The highest BCUT2D eigenvalue weighted by atomic mass is 32.2. The van der Waals surface area contributed by atoms with E-state index in [1.807, 2.05) is 42.5 Å². The molecule has 4 rings (SSSR count). The van der Waals surface area contributed by atoms with Gasteiger partial charge in [-0.05, 0) is 29.8 Å². The van der Waals surface area contributed by atoms with Gasteiger partial charge >= 0.3 is 0 Å². The number of aliphatic imine (C=N–C) groups is 1. The number of amides is 1. The molecule has 10 heteroatoms. The smallest absolute Gasteiger partial charge is 0.262 e. The summed E-state index contributed by atoms with van der Waals surface area (Å²) >= 11 is 0. The molecule has 0 fully saturated rings. The molecule has 0 radical (unpaired) electrons. The van der Waals surface area contributed by atoms with Crippen molar-refractivity contribution in [2.45, 2.75) is 6.54 Å². The first-order valence-corrected chi connectivity index (χ1v) is 10.9. The van der Waals surface area contributed by atoms with Crippen molar-refractivity contribution in [3.8, 4) is 11.5 Å². The predicted molar refractivity (Wildman–Crippen MR) is 113 cm³/mol. The van der Waals surface area contributed by atoms with Gasteiger partial charge in [0.15, 0.2) is 11.5 Å². The number of carbonyl (C=O) groups excluding carboxylic acids is 1. The van der Waals surface area contributed by atoms with Crippen LogP contribution in [0.1, 0.15) is 15.9 Å². The third-order valence-electron chi connectivity index (χ3n) is 4.52. The lowest BCUT2D eigenvalue weighted by atomic mass is 10.1. The van der Waals surface area contributed by atoms with Crippen molar-refractivity contribution in [3.63, 3.8) is 0 Å². The van der Waals surface area contributed by atoms with Crippen molar-refractivity contribution < 1.29 is 27.2 Å². The van der Waals surface area contributed by atoms with Crippen LogP contribution < -0.4 is 14.4 Å². The fourth-order valence-electron chi connectivity index (χ4n) is 3.32. The number of nitrogens with zero attached hydrogens (tertiary/aromatic N) is 3. The molecule has 1 amide bonds. The maximum Gasteiger partial charge on any atom is 0.262 e. The van der Waals surface area contributed by atoms with Crippen molar-refractivity contribution in [1.29, 1.82) is 0 Å². The van der Waals surface area contributed by atoms with E-state index in [0.717, 1.165) is 17.2 Å². The van der Waals surface area contributed by atoms with E-state index in [1.54, 1.807) is 19.1 Å². The largest absolute Gasteiger partial charge is 0.493 e. The summed E-state index contributed by atoms with van der Waals surface area (Å²) < 4.78 is 36.6. The third-order valence-corrected chi connectivity index (χ3v) is 4.52. The van der Waals surface area contributed by atoms with E-state index in [-0.39, 0.29) is 5.91 Å². The Labute approximate surface area is 175 Å². The second kappa shape index (κ2) is 8.72. The lowest BCUT2D eigenvalue weighted by Gasteiger charge is -2.36. The van der Waals surface area contributed by atoms with Crippen molar-refractivity contribution in [2.24, 2.45) is 4.99 Å². The van der Waals surface area contributed by atoms with E-state index in [0.29, 0.717) is 43.0 Å². The van der Waals surface area contributed by atoms with Crippen LogP contribution in [-0.2, 0) is 16.7 Å². The van der Waals surface area contributed by atoms with Crippen molar-refractivity contribution in [3.05, 3.63) is 53.6 Å². The van der Waals surface area contributed by atoms with Crippen LogP contribution in [0.25, 0.3) is 0 Å². The molecular weight excluding hydrogens is 410 g/mol. The minimum absolute atomic E-state index is 0.0235. The Morgan fingerprint density at radius 2 is 1.77 bits per heavy atom. The van der Waals surface area contributed by atoms with E-state index in [1.165, 1.54) is 0 Å². The second-order valence-electron chi connectivity index (χ2n) is 6.66. The van der Waals surface area contributed by atoms with Gasteiger partial charge in [0.25, 0.3) is 16.0 Å². The van der Waals surface area contributed by atoms with E-state index in [2.05, 4.69) is 9.89 Å². The first-order chi connectivity index (χ1) is 14.2. The van der Waals surface area contributed by atoms with Gasteiger partial charge in [-0.3, -0.25) is 19.2 Å². The topological polar surface area (TPSA) is 109 Å². The molecule has 2 heterocycles. The molecule has 1 N–H and O–H groups in total. The normalized spacial score (nSPS) is 14.9. The number of fused-ring (bicyclic) bond motifs is 2. The van der Waals surface area contributed by atoms with Gasteiger partial charge in [0, 0.05) is 6.54 Å². The Balaban J connectivity index is 0.000000461. The monoisotopic (exact) mass is 433 g/mol. The van der Waals surface area contributed by atoms with E-state index >= 15 is 0 Å². The summed E-state index contributed by atoms with van der Waals surface area (Å²) in [7, 11) is -0.422. The molecule has 0 bridgehead atoms. The molecule has 2 aliphatic heterocycles. The summed E-state index contributed by atoms with van der Waals surface area (Å²) in [5.74, 6) is 2.13. The van der Waals surface area contributed by atoms with Crippen LogP contribution in [0.3, 0.4) is 0 Å². The van der Waals surface area contributed by atoms with E-state index < -0.39 is 10.1 Å². The number of hydrogen-bond acceptors (Lipinski definition) is 7. The highest BCUT2D eigenvalue weighted by Gasteiger charge is 2.36. The molecule has 0 spiro atoms. The summed E-state index contributed by atoms with van der Waals surface area (Å²) in [6.07, 6.45) is 0.715. The molecule has 2 aromatic rings. The SMILES string of the molecule is COc1ccc(CN2C3=NCCN3C(=O)c3ccccc32)cc1OC.CS(=O)(=O)O. The quantitative estimate of drug-likeness (QED) is 0.735. The average molecular weight is 433 g/mol. The van der Waals surface area contributed by atoms with Gasteiger partial charge in [0.1, 0.15) is 0 Å². The standard InChI is InChI=1S/C19H19N3O3.CH4O3S/c1-24-16-8-7-13(11-17(16)25-2)12-22-15-6-4-3-5-14(15)18(23)21-10-9-20-19(21)22;1-5(2,3)4/h3-8,11H,9-10,12H2,1-2H3;1H3,(H,2,3,4). The van der Waals surface area contributed by atoms with E-state index in [4.69, 9.17) is 14.0 Å². The fourth-order valence-corrected chi connectivity index (χ4v) is 3.32. The number of anilines is 1. The van der Waals surface area contributed by atoms with Gasteiger partial charge in [-0.1, -0.05) is 18.2 Å². The van der Waals surface area contributed by atoms with Gasteiger partial charge in [0.2, 0.25) is 5.96 Å². The first kappa shape index (κ1) is 21.6. The number of benzene rings is 2. The molecule has 30 heavy (non-hydrogen) atoms. The van der Waals surface area contributed by atoms with Gasteiger partial charge in [-0.25, -0.2) is 0 Å². The molecule has 0 saturated carbocycles. The van der Waals surface area contributed by atoms with Crippen LogP contribution in [0.15, 0.2) is 47.5 Å². The molecule has 0 saturated heterocycles. The number of ether oxygens (including phenoxy) is 2. The zero-order valence-electron chi connectivity index (χ0n) is 16.9. The number of para-hydroxylation sites is 1. The van der Waals surface area contributed by atoms with Crippen LogP contribution in [0, 0.1) is 0 Å². The number of rotatable bonds is 4. The van der Waals surface area contributed by atoms with Crippen LogP contribution in [-0.4, -0.2) is 63.3 Å². The zero-order valence-corrected chi connectivity index (χ0v) is 17.7. The van der Waals surface area contributed by atoms with Crippen molar-refractivity contribution in [1.82, 2.24) is 4.90 Å². The van der Waals surface area contributed by atoms with Gasteiger partial charge in [0.05, 0.1) is 44.8 Å². The van der Waals surface area contributed by atoms with Crippen LogP contribution >= 0.6 is 0 Å². The molecule has 160 valence electrons. The fraction of sp³-hybridized carbons (Fsp3) is 0.300. The lowest BCUT2D eigenvalue weighted by molar-refractivity contribution is 0.0851. The first-order valence-electron chi connectivity index (χ1n) is 9.09. The average Bonchev–Trinajstić information content (AvgIpc) is 3.20. The molecular formula is C20H23N3O6S. The molecule has 0 unspecified atom stereocenters. The van der Waals surface area contributed by atoms with Crippen LogP contribution in [0.2, 0.25) is 0 Å². The maximum atomic E-state index is 12.7. The predicted octanol–water partition coefficient (Wildman–Crippen LogP) is 2.04. The van der Waals surface area contributed by atoms with Crippen molar-refractivity contribution >= 4 is 27.7 Å². The summed E-state index contributed by atoms with van der Waals surface area (Å²) in [6.45, 7) is 1.86. The minimum atomic E-state index is -3.67. The lowest BCUT2D eigenvalue weighted by Crippen LogP contribution is -2.49. The van der Waals surface area contributed by atoms with Gasteiger partial charge in [-0.15, -0.1) is 0 Å². The van der Waals surface area contributed by atoms with E-state index in [9.17, 15) is 13.2 Å². The zero-order chi connectivity index (χ0) is 21.9. The Morgan fingerprint density at radius 1 is 1.10 bits per heavy atom. The number of methoxy groups -OCH3 is 2. The summed E-state index contributed by atoms with van der Waals surface area (Å²) in [6, 6.07) is 13.5. The Hall–Kier alpha value is -3.11. The van der Waals surface area contributed by atoms with Gasteiger partial charge in [-0.2, -0.15) is 8.42 Å². The second-order valence-corrected chi connectivity index (χ2v) is 8.13. The molecule has 2 aliphatic rings. The summed E-state index contributed by atoms with van der Waals surface area (Å²) in [5.41, 5.74) is 2.65. The van der Waals surface area contributed by atoms with Gasteiger partial charge < -0.3 is 14.4 Å². The maximum absolute atomic E-state index is 12.7. The molecule has 0 aliphatic carbocycles. The minimum Gasteiger partial charge on any atom is -0.493 e. The number of guanidine groups is 1. The highest BCUT2D eigenvalue weighted by Crippen LogP contribution is 2.33. The number of carbonyl (C=O) groups is 1. The molecule has 0 atom stereocenters. The number of hydrogen-bond donors (Lipinski definition) is 1. The third kappa shape index (κ3) is 4.71. The summed E-state index contributed by atoms with van der Waals surface area (Å²) in [4.78, 5) is 21.1. The molecule has 9 nitrogen and oxygen atoms in total. The van der Waals surface area contributed by atoms with Crippen LogP contribution in [0.5, 0.6) is 11.5 Å². The summed E-state index contributed by atoms with van der Waals surface area (Å²) in [5, 5.41) is 0. The molecule has 0 aromatic heterocycles. The van der Waals surface area contributed by atoms with Crippen LogP contribution in [0.4, 0.5) is 5.69 Å². The Kier molecular flexibility index (Phi) is 6.28. The Bertz CT molecular complexity index is 1080.